The van der Waals surface area contributed by atoms with Crippen LogP contribution in [0.15, 0.2) is 53.4 Å². The smallest absolute Gasteiger partial charge is 0.240 e. The first-order valence-electron chi connectivity index (χ1n) is 8.73. The molecule has 0 radical (unpaired) electrons. The summed E-state index contributed by atoms with van der Waals surface area (Å²) in [7, 11) is -3.62. The maximum absolute atomic E-state index is 12.4. The van der Waals surface area contributed by atoms with Gasteiger partial charge in [0.25, 0.3) is 0 Å². The number of anilines is 2. The van der Waals surface area contributed by atoms with Crippen molar-refractivity contribution < 1.29 is 17.9 Å². The van der Waals surface area contributed by atoms with Gasteiger partial charge in [-0.2, -0.15) is 0 Å². The molecule has 0 aliphatic carbocycles. The number of sulfonamides is 1. The fraction of sp³-hybridized carbons (Fsp3) is 0.316. The average molecular weight is 389 g/mol. The molecule has 8 heteroatoms. The molecule has 0 spiro atoms. The molecule has 2 N–H and O–H groups in total. The number of amides is 1. The third-order valence-electron chi connectivity index (χ3n) is 4.26. The van der Waals surface area contributed by atoms with Crippen LogP contribution in [-0.2, 0) is 26.1 Å². The lowest BCUT2D eigenvalue weighted by atomic mass is 10.2. The number of hydrogen-bond acceptors (Lipinski definition) is 5. The van der Waals surface area contributed by atoms with Crippen LogP contribution in [0.4, 0.5) is 11.4 Å². The maximum Gasteiger partial charge on any atom is 0.240 e. The van der Waals surface area contributed by atoms with Crippen molar-refractivity contribution in [1.29, 1.82) is 0 Å². The van der Waals surface area contributed by atoms with Crippen LogP contribution in [0.25, 0.3) is 0 Å². The Morgan fingerprint density at radius 2 is 1.67 bits per heavy atom. The highest BCUT2D eigenvalue weighted by Gasteiger charge is 2.14. The topological polar surface area (TPSA) is 87.7 Å². The van der Waals surface area contributed by atoms with Gasteiger partial charge in [0, 0.05) is 37.9 Å². The lowest BCUT2D eigenvalue weighted by molar-refractivity contribution is -0.114. The average Bonchev–Trinajstić information content (AvgIpc) is 2.67. The molecule has 1 amide bonds. The molecule has 2 aromatic rings. The maximum atomic E-state index is 12.4. The minimum atomic E-state index is -3.62. The molecule has 1 saturated heterocycles. The third kappa shape index (κ3) is 5.29. The molecule has 0 aromatic heterocycles. The summed E-state index contributed by atoms with van der Waals surface area (Å²) in [5.74, 6) is -0.204. The molecule has 1 fully saturated rings. The Labute approximate surface area is 159 Å². The van der Waals surface area contributed by atoms with E-state index in [1.165, 1.54) is 19.1 Å². The molecule has 27 heavy (non-hydrogen) atoms. The number of hydrogen-bond donors (Lipinski definition) is 2. The van der Waals surface area contributed by atoms with E-state index in [1.54, 1.807) is 12.1 Å². The molecule has 1 heterocycles. The van der Waals surface area contributed by atoms with Crippen LogP contribution in [0, 0.1) is 0 Å². The van der Waals surface area contributed by atoms with E-state index in [0.717, 1.165) is 37.6 Å². The zero-order valence-corrected chi connectivity index (χ0v) is 16.0. The number of carbonyl (C=O) groups excluding carboxylic acids is 1. The first-order valence-corrected chi connectivity index (χ1v) is 10.2. The van der Waals surface area contributed by atoms with E-state index in [1.807, 2.05) is 24.3 Å². The molecule has 1 aliphatic rings. The third-order valence-corrected chi connectivity index (χ3v) is 5.68. The van der Waals surface area contributed by atoms with Crippen molar-refractivity contribution in [2.75, 3.05) is 36.5 Å². The van der Waals surface area contributed by atoms with Gasteiger partial charge < -0.3 is 15.0 Å². The number of nitrogens with zero attached hydrogens (tertiary/aromatic N) is 1. The zero-order valence-electron chi connectivity index (χ0n) is 15.1. The highest BCUT2D eigenvalue weighted by atomic mass is 32.2. The van der Waals surface area contributed by atoms with Crippen molar-refractivity contribution in [3.05, 3.63) is 54.1 Å². The number of nitrogens with one attached hydrogen (secondary N) is 2. The van der Waals surface area contributed by atoms with Crippen molar-refractivity contribution >= 4 is 27.3 Å². The minimum absolute atomic E-state index is 0.154. The first kappa shape index (κ1) is 19.3. The van der Waals surface area contributed by atoms with Gasteiger partial charge in [-0.1, -0.05) is 12.1 Å². The quantitative estimate of drug-likeness (QED) is 0.789. The van der Waals surface area contributed by atoms with Gasteiger partial charge in [0.05, 0.1) is 18.1 Å². The van der Waals surface area contributed by atoms with Crippen LogP contribution in [-0.4, -0.2) is 40.6 Å². The Hall–Kier alpha value is -2.42. The van der Waals surface area contributed by atoms with Crippen LogP contribution in [0.2, 0.25) is 0 Å². The summed E-state index contributed by atoms with van der Waals surface area (Å²) in [5.41, 5.74) is 2.55. The van der Waals surface area contributed by atoms with E-state index in [9.17, 15) is 13.2 Å². The summed E-state index contributed by atoms with van der Waals surface area (Å²) < 4.78 is 32.8. The number of morpholine rings is 1. The molecule has 1 aliphatic heterocycles. The predicted molar refractivity (Wildman–Crippen MR) is 104 cm³/mol. The fourth-order valence-electron chi connectivity index (χ4n) is 2.83. The van der Waals surface area contributed by atoms with Gasteiger partial charge in [-0.3, -0.25) is 4.79 Å². The minimum Gasteiger partial charge on any atom is -0.378 e. The molecular weight excluding hydrogens is 366 g/mol. The number of ether oxygens (including phenoxy) is 1. The first-order chi connectivity index (χ1) is 12.9. The number of carbonyl (C=O) groups is 1. The van der Waals surface area contributed by atoms with Gasteiger partial charge in [-0.25, -0.2) is 13.1 Å². The molecule has 2 aromatic carbocycles. The summed E-state index contributed by atoms with van der Waals surface area (Å²) >= 11 is 0. The van der Waals surface area contributed by atoms with Crippen molar-refractivity contribution in [3.63, 3.8) is 0 Å². The second-order valence-electron chi connectivity index (χ2n) is 6.30. The summed E-state index contributed by atoms with van der Waals surface area (Å²) in [6.45, 7) is 4.78. The van der Waals surface area contributed by atoms with E-state index < -0.39 is 10.0 Å². The van der Waals surface area contributed by atoms with Crippen LogP contribution >= 0.6 is 0 Å². The Morgan fingerprint density at radius 1 is 1.04 bits per heavy atom. The highest BCUT2D eigenvalue weighted by molar-refractivity contribution is 7.89. The van der Waals surface area contributed by atoms with Gasteiger partial charge in [-0.05, 0) is 42.0 Å². The Bertz CT molecular complexity index is 874. The standard InChI is InChI=1S/C19H23N3O4S/c1-15(23)21-17-4-8-19(9-5-17)27(24,25)20-14-16-2-6-18(7-3-16)22-10-12-26-13-11-22/h2-9,20H,10-14H2,1H3,(H,21,23). The summed E-state index contributed by atoms with van der Waals surface area (Å²) in [6.07, 6.45) is 0. The normalized spacial score (nSPS) is 14.8. The highest BCUT2D eigenvalue weighted by Crippen LogP contribution is 2.18. The lowest BCUT2D eigenvalue weighted by Crippen LogP contribution is -2.36. The van der Waals surface area contributed by atoms with Gasteiger partial charge >= 0.3 is 0 Å². The number of benzene rings is 2. The molecule has 0 bridgehead atoms. The van der Waals surface area contributed by atoms with Crippen molar-refractivity contribution in [3.8, 4) is 0 Å². The summed E-state index contributed by atoms with van der Waals surface area (Å²) in [6, 6.07) is 13.9. The van der Waals surface area contributed by atoms with Gasteiger partial charge in [0.1, 0.15) is 0 Å². The van der Waals surface area contributed by atoms with Gasteiger partial charge in [-0.15, -0.1) is 0 Å². The van der Waals surface area contributed by atoms with Crippen LogP contribution in [0.3, 0.4) is 0 Å². The van der Waals surface area contributed by atoms with E-state index >= 15 is 0 Å². The van der Waals surface area contributed by atoms with Gasteiger partial charge in [0.2, 0.25) is 15.9 Å². The largest absolute Gasteiger partial charge is 0.378 e. The summed E-state index contributed by atoms with van der Waals surface area (Å²) in [4.78, 5) is 13.4. The van der Waals surface area contributed by atoms with E-state index in [4.69, 9.17) is 4.74 Å². The van der Waals surface area contributed by atoms with Gasteiger partial charge in [0.15, 0.2) is 0 Å². The van der Waals surface area contributed by atoms with Crippen LogP contribution in [0.5, 0.6) is 0 Å². The summed E-state index contributed by atoms with van der Waals surface area (Å²) in [5, 5.41) is 2.61. The second kappa shape index (κ2) is 8.51. The van der Waals surface area contributed by atoms with E-state index in [-0.39, 0.29) is 17.3 Å². The van der Waals surface area contributed by atoms with Crippen LogP contribution in [0.1, 0.15) is 12.5 Å². The van der Waals surface area contributed by atoms with Crippen molar-refractivity contribution in [2.24, 2.45) is 0 Å². The lowest BCUT2D eigenvalue weighted by Gasteiger charge is -2.28. The number of rotatable bonds is 6. The molecule has 144 valence electrons. The van der Waals surface area contributed by atoms with Crippen molar-refractivity contribution in [2.45, 2.75) is 18.4 Å². The molecule has 0 atom stereocenters. The second-order valence-corrected chi connectivity index (χ2v) is 8.06. The molecule has 3 rings (SSSR count). The molecular formula is C19H23N3O4S. The van der Waals surface area contributed by atoms with Crippen molar-refractivity contribution in [1.82, 2.24) is 4.72 Å². The van der Waals surface area contributed by atoms with E-state index in [0.29, 0.717) is 5.69 Å². The SMILES string of the molecule is CC(=O)Nc1ccc(S(=O)(=O)NCc2ccc(N3CCOCC3)cc2)cc1. The Kier molecular flexibility index (Phi) is 6.10. The molecule has 7 nitrogen and oxygen atoms in total. The zero-order chi connectivity index (χ0) is 19.3. The Balaban J connectivity index is 1.60. The molecule has 0 unspecified atom stereocenters. The molecule has 0 saturated carbocycles. The predicted octanol–water partition coefficient (Wildman–Crippen LogP) is 1.96. The van der Waals surface area contributed by atoms with E-state index in [2.05, 4.69) is 14.9 Å². The monoisotopic (exact) mass is 389 g/mol. The fourth-order valence-corrected chi connectivity index (χ4v) is 3.85. The Morgan fingerprint density at radius 3 is 2.26 bits per heavy atom. The van der Waals surface area contributed by atoms with Crippen LogP contribution < -0.4 is 14.9 Å².